The minimum absolute atomic E-state index is 0.714. The minimum atomic E-state index is 0.714. The molecule has 0 spiro atoms. The first-order chi connectivity index (χ1) is 7.38. The topological polar surface area (TPSA) is 43.4 Å². The van der Waals surface area contributed by atoms with Gasteiger partial charge in [-0.15, -0.1) is 0 Å². The van der Waals surface area contributed by atoms with Gasteiger partial charge in [-0.05, 0) is 19.0 Å². The van der Waals surface area contributed by atoms with E-state index < -0.39 is 0 Å². The molecule has 1 rings (SSSR count). The summed E-state index contributed by atoms with van der Waals surface area (Å²) in [7, 11) is 3.34. The van der Waals surface area contributed by atoms with Crippen molar-refractivity contribution in [3.05, 3.63) is 23.9 Å². The molecule has 0 unspecified atom stereocenters. The lowest BCUT2D eigenvalue weighted by molar-refractivity contribution is 0.199. The largest absolute Gasteiger partial charge is 0.481 e. The first kappa shape index (κ1) is 11.9. The van der Waals surface area contributed by atoms with Crippen LogP contribution in [0.5, 0.6) is 5.88 Å². The monoisotopic (exact) mass is 210 g/mol. The number of nitrogens with zero attached hydrogens (tertiary/aromatic N) is 1. The van der Waals surface area contributed by atoms with Crippen LogP contribution < -0.4 is 10.1 Å². The summed E-state index contributed by atoms with van der Waals surface area (Å²) in [6, 6.07) is 3.96. The summed E-state index contributed by atoms with van der Waals surface area (Å²) in [5.41, 5.74) is 1.13. The van der Waals surface area contributed by atoms with E-state index in [4.69, 9.17) is 9.47 Å². The Hall–Kier alpha value is -1.13. The van der Waals surface area contributed by atoms with Gasteiger partial charge in [-0.2, -0.15) is 0 Å². The molecule has 0 aliphatic carbocycles. The Morgan fingerprint density at radius 1 is 1.33 bits per heavy atom. The smallest absolute Gasteiger partial charge is 0.216 e. The minimum Gasteiger partial charge on any atom is -0.481 e. The van der Waals surface area contributed by atoms with Crippen LogP contribution in [-0.2, 0) is 11.2 Å². The summed E-state index contributed by atoms with van der Waals surface area (Å²) >= 11 is 0. The fraction of sp³-hybridized carbons (Fsp3) is 0.545. The molecule has 1 aromatic rings. The Balaban J connectivity index is 2.30. The second-order valence-corrected chi connectivity index (χ2v) is 3.16. The van der Waals surface area contributed by atoms with E-state index in [9.17, 15) is 0 Å². The highest BCUT2D eigenvalue weighted by Gasteiger charge is 2.01. The number of methoxy groups -OCH3 is 2. The number of hydrogen-bond acceptors (Lipinski definition) is 4. The summed E-state index contributed by atoms with van der Waals surface area (Å²) in [5, 5.41) is 3.28. The van der Waals surface area contributed by atoms with Gasteiger partial charge in [0, 0.05) is 25.4 Å². The molecular weight excluding hydrogens is 192 g/mol. The molecule has 1 aromatic heterocycles. The average Bonchev–Trinajstić information content (AvgIpc) is 2.29. The summed E-state index contributed by atoms with van der Waals surface area (Å²) in [5.74, 6) is 0.714. The average molecular weight is 210 g/mol. The van der Waals surface area contributed by atoms with Gasteiger partial charge >= 0.3 is 0 Å². The van der Waals surface area contributed by atoms with Crippen molar-refractivity contribution in [2.75, 3.05) is 33.9 Å². The van der Waals surface area contributed by atoms with Crippen LogP contribution >= 0.6 is 0 Å². The van der Waals surface area contributed by atoms with Crippen LogP contribution in [0.2, 0.25) is 0 Å². The van der Waals surface area contributed by atoms with Crippen molar-refractivity contribution in [1.82, 2.24) is 10.3 Å². The van der Waals surface area contributed by atoms with Crippen molar-refractivity contribution >= 4 is 0 Å². The zero-order valence-electron chi connectivity index (χ0n) is 9.32. The van der Waals surface area contributed by atoms with Gasteiger partial charge < -0.3 is 14.8 Å². The molecule has 4 nitrogen and oxygen atoms in total. The third kappa shape index (κ3) is 4.27. The van der Waals surface area contributed by atoms with E-state index in [2.05, 4.69) is 10.3 Å². The molecule has 0 aliphatic rings. The van der Waals surface area contributed by atoms with Gasteiger partial charge in [-0.1, -0.05) is 6.07 Å². The van der Waals surface area contributed by atoms with Crippen molar-refractivity contribution in [2.24, 2.45) is 0 Å². The molecule has 0 fully saturated rings. The van der Waals surface area contributed by atoms with Crippen molar-refractivity contribution < 1.29 is 9.47 Å². The van der Waals surface area contributed by atoms with Crippen LogP contribution in [-0.4, -0.2) is 38.9 Å². The van der Waals surface area contributed by atoms with Crippen LogP contribution in [0.25, 0.3) is 0 Å². The first-order valence-electron chi connectivity index (χ1n) is 5.06. The highest BCUT2D eigenvalue weighted by molar-refractivity contribution is 5.25. The van der Waals surface area contributed by atoms with Gasteiger partial charge in [-0.3, -0.25) is 0 Å². The summed E-state index contributed by atoms with van der Waals surface area (Å²) in [4.78, 5) is 4.14. The Morgan fingerprint density at radius 2 is 2.20 bits per heavy atom. The van der Waals surface area contributed by atoms with Crippen LogP contribution in [0, 0.1) is 0 Å². The second-order valence-electron chi connectivity index (χ2n) is 3.16. The van der Waals surface area contributed by atoms with Gasteiger partial charge in [-0.25, -0.2) is 4.98 Å². The summed E-state index contributed by atoms with van der Waals surface area (Å²) in [6.45, 7) is 2.52. The Labute approximate surface area is 90.6 Å². The molecule has 1 heterocycles. The number of pyridine rings is 1. The van der Waals surface area contributed by atoms with Crippen LogP contribution in [0.3, 0.4) is 0 Å². The van der Waals surface area contributed by atoms with Gasteiger partial charge in [0.2, 0.25) is 5.88 Å². The molecule has 0 aliphatic heterocycles. The standard InChI is InChI=1S/C11H18N2O2/c1-14-9-8-12-7-5-10-4-3-6-13-11(10)15-2/h3-4,6,12H,5,7-9H2,1-2H3. The van der Waals surface area contributed by atoms with E-state index in [1.807, 2.05) is 12.1 Å². The van der Waals surface area contributed by atoms with Gasteiger partial charge in [0.1, 0.15) is 0 Å². The first-order valence-corrected chi connectivity index (χ1v) is 5.06. The molecule has 84 valence electrons. The van der Waals surface area contributed by atoms with Gasteiger partial charge in [0.15, 0.2) is 0 Å². The van der Waals surface area contributed by atoms with E-state index in [1.165, 1.54) is 0 Å². The number of aromatic nitrogens is 1. The fourth-order valence-corrected chi connectivity index (χ4v) is 1.32. The van der Waals surface area contributed by atoms with Crippen molar-refractivity contribution in [3.63, 3.8) is 0 Å². The SMILES string of the molecule is COCCNCCc1cccnc1OC. The number of rotatable bonds is 7. The quantitative estimate of drug-likeness (QED) is 0.678. The number of ether oxygens (including phenoxy) is 2. The van der Waals surface area contributed by atoms with Crippen LogP contribution in [0.4, 0.5) is 0 Å². The normalized spacial score (nSPS) is 10.3. The molecule has 4 heteroatoms. The maximum absolute atomic E-state index is 5.16. The maximum atomic E-state index is 5.16. The maximum Gasteiger partial charge on any atom is 0.216 e. The Kier molecular flexibility index (Phi) is 5.73. The molecule has 0 radical (unpaired) electrons. The number of hydrogen-bond donors (Lipinski definition) is 1. The van der Waals surface area contributed by atoms with Crippen LogP contribution in [0.1, 0.15) is 5.56 Å². The molecule has 0 aromatic carbocycles. The Morgan fingerprint density at radius 3 is 2.93 bits per heavy atom. The van der Waals surface area contributed by atoms with Crippen molar-refractivity contribution in [1.29, 1.82) is 0 Å². The second kappa shape index (κ2) is 7.20. The van der Waals surface area contributed by atoms with Crippen LogP contribution in [0.15, 0.2) is 18.3 Å². The molecule has 0 amide bonds. The van der Waals surface area contributed by atoms with E-state index in [1.54, 1.807) is 20.4 Å². The predicted molar refractivity (Wildman–Crippen MR) is 59.2 cm³/mol. The van der Waals surface area contributed by atoms with Gasteiger partial charge in [0.05, 0.1) is 13.7 Å². The lowest BCUT2D eigenvalue weighted by Gasteiger charge is -2.07. The predicted octanol–water partition coefficient (Wildman–Crippen LogP) is 0.869. The summed E-state index contributed by atoms with van der Waals surface area (Å²) in [6.07, 6.45) is 2.65. The zero-order valence-corrected chi connectivity index (χ0v) is 9.32. The molecule has 0 bridgehead atoms. The third-order valence-corrected chi connectivity index (χ3v) is 2.10. The fourth-order valence-electron chi connectivity index (χ4n) is 1.32. The highest BCUT2D eigenvalue weighted by atomic mass is 16.5. The molecule has 1 N–H and O–H groups in total. The van der Waals surface area contributed by atoms with Crippen molar-refractivity contribution in [2.45, 2.75) is 6.42 Å². The van der Waals surface area contributed by atoms with E-state index >= 15 is 0 Å². The summed E-state index contributed by atoms with van der Waals surface area (Å²) < 4.78 is 10.1. The lowest BCUT2D eigenvalue weighted by atomic mass is 10.2. The van der Waals surface area contributed by atoms with E-state index in [0.29, 0.717) is 5.88 Å². The highest BCUT2D eigenvalue weighted by Crippen LogP contribution is 2.13. The van der Waals surface area contributed by atoms with E-state index in [0.717, 1.165) is 31.7 Å². The molecular formula is C11H18N2O2. The number of nitrogens with one attached hydrogen (secondary N) is 1. The molecule has 0 saturated heterocycles. The van der Waals surface area contributed by atoms with Gasteiger partial charge in [0.25, 0.3) is 0 Å². The molecule has 0 atom stereocenters. The Bertz CT molecular complexity index is 279. The molecule has 15 heavy (non-hydrogen) atoms. The third-order valence-electron chi connectivity index (χ3n) is 2.10. The van der Waals surface area contributed by atoms with Crippen molar-refractivity contribution in [3.8, 4) is 5.88 Å². The lowest BCUT2D eigenvalue weighted by Crippen LogP contribution is -2.21. The van der Waals surface area contributed by atoms with E-state index in [-0.39, 0.29) is 0 Å². The zero-order chi connectivity index (χ0) is 10.9. The molecule has 0 saturated carbocycles.